The summed E-state index contributed by atoms with van der Waals surface area (Å²) in [6, 6.07) is 10.9. The Labute approximate surface area is 161 Å². The SMILES string of the molecule is COc1ccc(C(=O)Nc2ccc(N3CCOCC3)c(Br)c2)cc1OC. The molecule has 2 aromatic carbocycles. The number of nitrogens with zero attached hydrogens (tertiary/aromatic N) is 1. The van der Waals surface area contributed by atoms with Crippen LogP contribution in [0.4, 0.5) is 11.4 Å². The molecule has 1 N–H and O–H groups in total. The molecule has 0 unspecified atom stereocenters. The minimum absolute atomic E-state index is 0.211. The summed E-state index contributed by atoms with van der Waals surface area (Å²) in [7, 11) is 3.10. The van der Waals surface area contributed by atoms with Gasteiger partial charge in [-0.25, -0.2) is 0 Å². The maximum absolute atomic E-state index is 12.5. The lowest BCUT2D eigenvalue weighted by atomic mass is 10.1. The summed E-state index contributed by atoms with van der Waals surface area (Å²) in [5.41, 5.74) is 2.31. The smallest absolute Gasteiger partial charge is 0.255 e. The van der Waals surface area contributed by atoms with E-state index in [-0.39, 0.29) is 5.91 Å². The number of hydrogen-bond donors (Lipinski definition) is 1. The number of methoxy groups -OCH3 is 2. The number of benzene rings is 2. The van der Waals surface area contributed by atoms with Gasteiger partial charge in [-0.15, -0.1) is 0 Å². The van der Waals surface area contributed by atoms with Crippen LogP contribution in [-0.4, -0.2) is 46.4 Å². The molecule has 0 bridgehead atoms. The molecule has 1 aliphatic rings. The van der Waals surface area contributed by atoms with Gasteiger partial charge in [-0.3, -0.25) is 4.79 Å². The van der Waals surface area contributed by atoms with Crippen molar-refractivity contribution >= 4 is 33.2 Å². The van der Waals surface area contributed by atoms with Gasteiger partial charge < -0.3 is 24.4 Å². The van der Waals surface area contributed by atoms with Gasteiger partial charge in [-0.2, -0.15) is 0 Å². The van der Waals surface area contributed by atoms with Gasteiger partial charge >= 0.3 is 0 Å². The minimum Gasteiger partial charge on any atom is -0.493 e. The first kappa shape index (κ1) is 18.5. The van der Waals surface area contributed by atoms with E-state index in [1.807, 2.05) is 18.2 Å². The molecule has 0 spiro atoms. The fraction of sp³-hybridized carbons (Fsp3) is 0.316. The van der Waals surface area contributed by atoms with Gasteiger partial charge in [0.25, 0.3) is 5.91 Å². The molecule has 0 saturated carbocycles. The molecule has 26 heavy (non-hydrogen) atoms. The highest BCUT2D eigenvalue weighted by molar-refractivity contribution is 9.10. The number of halogens is 1. The fourth-order valence-corrected chi connectivity index (χ4v) is 3.46. The van der Waals surface area contributed by atoms with E-state index in [2.05, 4.69) is 26.1 Å². The highest BCUT2D eigenvalue weighted by atomic mass is 79.9. The van der Waals surface area contributed by atoms with E-state index in [0.29, 0.717) is 22.7 Å². The first-order chi connectivity index (χ1) is 12.6. The summed E-state index contributed by atoms with van der Waals surface area (Å²) in [5.74, 6) is 0.891. The lowest BCUT2D eigenvalue weighted by molar-refractivity contribution is 0.102. The van der Waals surface area contributed by atoms with Crippen molar-refractivity contribution in [1.82, 2.24) is 0 Å². The fourth-order valence-electron chi connectivity index (χ4n) is 2.83. The second-order valence-electron chi connectivity index (χ2n) is 5.79. The summed E-state index contributed by atoms with van der Waals surface area (Å²) in [6.45, 7) is 3.17. The van der Waals surface area contributed by atoms with Crippen LogP contribution in [0.2, 0.25) is 0 Å². The molecule has 0 atom stereocenters. The van der Waals surface area contributed by atoms with E-state index in [0.717, 1.165) is 36.5 Å². The molecular formula is C19H21BrN2O4. The number of ether oxygens (including phenoxy) is 3. The zero-order valence-corrected chi connectivity index (χ0v) is 16.3. The first-order valence-electron chi connectivity index (χ1n) is 8.28. The number of nitrogens with one attached hydrogen (secondary N) is 1. The number of morpholine rings is 1. The summed E-state index contributed by atoms with van der Waals surface area (Å²) in [5, 5.41) is 2.91. The van der Waals surface area contributed by atoms with Crippen molar-refractivity contribution in [2.24, 2.45) is 0 Å². The van der Waals surface area contributed by atoms with Crippen LogP contribution >= 0.6 is 15.9 Å². The monoisotopic (exact) mass is 420 g/mol. The molecule has 0 aliphatic carbocycles. The highest BCUT2D eigenvalue weighted by Crippen LogP contribution is 2.31. The van der Waals surface area contributed by atoms with Crippen LogP contribution in [-0.2, 0) is 4.74 Å². The Balaban J connectivity index is 1.74. The first-order valence-corrected chi connectivity index (χ1v) is 9.07. The molecule has 6 nitrogen and oxygen atoms in total. The molecular weight excluding hydrogens is 400 g/mol. The minimum atomic E-state index is -0.211. The summed E-state index contributed by atoms with van der Waals surface area (Å²) in [4.78, 5) is 14.8. The van der Waals surface area contributed by atoms with Crippen molar-refractivity contribution in [2.45, 2.75) is 0 Å². The third-order valence-corrected chi connectivity index (χ3v) is 4.84. The quantitative estimate of drug-likeness (QED) is 0.800. The third-order valence-electron chi connectivity index (χ3n) is 4.20. The number of amides is 1. The zero-order valence-electron chi connectivity index (χ0n) is 14.8. The van der Waals surface area contributed by atoms with Gasteiger partial charge in [0, 0.05) is 28.8 Å². The molecule has 2 aromatic rings. The maximum atomic E-state index is 12.5. The van der Waals surface area contributed by atoms with Gasteiger partial charge in [-0.1, -0.05) is 0 Å². The lowest BCUT2D eigenvalue weighted by Gasteiger charge is -2.29. The highest BCUT2D eigenvalue weighted by Gasteiger charge is 2.15. The Hall–Kier alpha value is -2.25. The predicted octanol–water partition coefficient (Wildman–Crippen LogP) is 3.56. The molecule has 1 fully saturated rings. The standard InChI is InChI=1S/C19H21BrN2O4/c1-24-17-6-3-13(11-18(17)25-2)19(23)21-14-4-5-16(15(20)12-14)22-7-9-26-10-8-22/h3-6,11-12H,7-10H2,1-2H3,(H,21,23). The topological polar surface area (TPSA) is 60.0 Å². The summed E-state index contributed by atoms with van der Waals surface area (Å²) < 4.78 is 16.8. The number of anilines is 2. The summed E-state index contributed by atoms with van der Waals surface area (Å²) >= 11 is 3.60. The third kappa shape index (κ3) is 4.11. The van der Waals surface area contributed by atoms with E-state index >= 15 is 0 Å². The van der Waals surface area contributed by atoms with E-state index in [4.69, 9.17) is 14.2 Å². The summed E-state index contributed by atoms with van der Waals surface area (Å²) in [6.07, 6.45) is 0. The molecule has 1 saturated heterocycles. The van der Waals surface area contributed by atoms with E-state index in [9.17, 15) is 4.79 Å². The predicted molar refractivity (Wildman–Crippen MR) is 105 cm³/mol. The van der Waals surface area contributed by atoms with Gasteiger partial charge in [-0.05, 0) is 52.3 Å². The van der Waals surface area contributed by atoms with Gasteiger partial charge in [0.05, 0.1) is 33.1 Å². The molecule has 1 heterocycles. The number of carbonyl (C=O) groups excluding carboxylic acids is 1. The number of hydrogen-bond acceptors (Lipinski definition) is 5. The van der Waals surface area contributed by atoms with Crippen LogP contribution in [0.1, 0.15) is 10.4 Å². The second-order valence-corrected chi connectivity index (χ2v) is 6.64. The van der Waals surface area contributed by atoms with Crippen LogP contribution < -0.4 is 19.7 Å². The van der Waals surface area contributed by atoms with Crippen molar-refractivity contribution in [3.8, 4) is 11.5 Å². The molecule has 138 valence electrons. The average molecular weight is 421 g/mol. The van der Waals surface area contributed by atoms with Crippen LogP contribution in [0, 0.1) is 0 Å². The van der Waals surface area contributed by atoms with Gasteiger partial charge in [0.1, 0.15) is 0 Å². The Morgan fingerprint density at radius 3 is 2.46 bits per heavy atom. The Morgan fingerprint density at radius 1 is 1.08 bits per heavy atom. The van der Waals surface area contributed by atoms with Crippen LogP contribution in [0.5, 0.6) is 11.5 Å². The van der Waals surface area contributed by atoms with Crippen molar-refractivity contribution in [1.29, 1.82) is 0 Å². The Kier molecular flexibility index (Phi) is 6.00. The molecule has 3 rings (SSSR count). The Morgan fingerprint density at radius 2 is 1.81 bits per heavy atom. The van der Waals surface area contributed by atoms with Crippen LogP contribution in [0.25, 0.3) is 0 Å². The van der Waals surface area contributed by atoms with E-state index < -0.39 is 0 Å². The molecule has 1 aliphatic heterocycles. The zero-order chi connectivity index (χ0) is 18.5. The second kappa shape index (κ2) is 8.42. The van der Waals surface area contributed by atoms with Crippen molar-refractivity contribution < 1.29 is 19.0 Å². The van der Waals surface area contributed by atoms with Gasteiger partial charge in [0.15, 0.2) is 11.5 Å². The largest absolute Gasteiger partial charge is 0.493 e. The molecule has 0 radical (unpaired) electrons. The maximum Gasteiger partial charge on any atom is 0.255 e. The number of rotatable bonds is 5. The van der Waals surface area contributed by atoms with Gasteiger partial charge in [0.2, 0.25) is 0 Å². The normalized spacial score (nSPS) is 14.0. The van der Waals surface area contributed by atoms with Crippen molar-refractivity contribution in [2.75, 3.05) is 50.7 Å². The van der Waals surface area contributed by atoms with Crippen LogP contribution in [0.3, 0.4) is 0 Å². The molecule has 1 amide bonds. The molecule has 0 aromatic heterocycles. The Bertz CT molecular complexity index is 791. The lowest BCUT2D eigenvalue weighted by Crippen LogP contribution is -2.36. The van der Waals surface area contributed by atoms with Crippen molar-refractivity contribution in [3.63, 3.8) is 0 Å². The number of carbonyl (C=O) groups is 1. The average Bonchev–Trinajstić information content (AvgIpc) is 2.68. The van der Waals surface area contributed by atoms with Crippen LogP contribution in [0.15, 0.2) is 40.9 Å². The van der Waals surface area contributed by atoms with E-state index in [1.54, 1.807) is 32.4 Å². The van der Waals surface area contributed by atoms with Crippen molar-refractivity contribution in [3.05, 3.63) is 46.4 Å². The molecule has 7 heteroatoms. The van der Waals surface area contributed by atoms with E-state index in [1.165, 1.54) is 0 Å².